The van der Waals surface area contributed by atoms with E-state index in [0.717, 1.165) is 16.5 Å². The van der Waals surface area contributed by atoms with E-state index in [-0.39, 0.29) is 0 Å². The van der Waals surface area contributed by atoms with Crippen LogP contribution in [0.2, 0.25) is 0 Å². The Morgan fingerprint density at radius 3 is 3.15 bits per heavy atom. The number of fused-ring (bicyclic) bond motifs is 1. The van der Waals surface area contributed by atoms with Gasteiger partial charge in [-0.25, -0.2) is 4.98 Å². The fourth-order valence-corrected chi connectivity index (χ4v) is 1.24. The molecule has 0 aliphatic rings. The van der Waals surface area contributed by atoms with E-state index in [1.54, 1.807) is 12.4 Å². The van der Waals surface area contributed by atoms with Gasteiger partial charge in [-0.05, 0) is 17.6 Å². The minimum absolute atomic E-state index is 0.722. The second kappa shape index (κ2) is 3.20. The Kier molecular flexibility index (Phi) is 2.04. The molecule has 0 spiro atoms. The third-order valence-corrected chi connectivity index (χ3v) is 1.95. The van der Waals surface area contributed by atoms with Crippen LogP contribution >= 0.6 is 0 Å². The van der Waals surface area contributed by atoms with Crippen molar-refractivity contribution in [3.05, 3.63) is 24.5 Å². The second-order valence-corrected chi connectivity index (χ2v) is 2.77. The van der Waals surface area contributed by atoms with Crippen LogP contribution in [-0.2, 0) is 4.65 Å². The van der Waals surface area contributed by atoms with Gasteiger partial charge in [0.25, 0.3) is 0 Å². The molecule has 2 rings (SSSR count). The number of aromatic amines is 1. The summed E-state index contributed by atoms with van der Waals surface area (Å²) in [6, 6.07) is 5.44. The third kappa shape index (κ3) is 1.43. The maximum atomic E-state index is 9.37. The Hall–Kier alpha value is -1.33. The van der Waals surface area contributed by atoms with Gasteiger partial charge < -0.3 is 14.7 Å². The molecule has 13 heavy (non-hydrogen) atoms. The Balaban J connectivity index is 2.48. The molecule has 0 unspecified atom stereocenters. The molecule has 2 N–H and O–H groups in total. The van der Waals surface area contributed by atoms with E-state index in [1.165, 1.54) is 7.11 Å². The smallest absolute Gasteiger partial charge is 0.423 e. The van der Waals surface area contributed by atoms with Gasteiger partial charge in [-0.2, -0.15) is 0 Å². The zero-order valence-electron chi connectivity index (χ0n) is 7.19. The number of hydrogen-bond acceptors (Lipinski definition) is 3. The van der Waals surface area contributed by atoms with Crippen LogP contribution in [0.25, 0.3) is 11.0 Å². The summed E-state index contributed by atoms with van der Waals surface area (Å²) in [5.74, 6) is 0. The molecule has 0 aliphatic carbocycles. The molecule has 1 aromatic carbocycles. The SMILES string of the molecule is COB(O)c1ccc2nc[nH]c2c1. The highest BCUT2D eigenvalue weighted by molar-refractivity contribution is 6.60. The van der Waals surface area contributed by atoms with Crippen molar-refractivity contribution in [2.45, 2.75) is 0 Å². The van der Waals surface area contributed by atoms with Gasteiger partial charge in [0, 0.05) is 7.11 Å². The molecule has 1 heterocycles. The third-order valence-electron chi connectivity index (χ3n) is 1.95. The summed E-state index contributed by atoms with van der Waals surface area (Å²) in [5.41, 5.74) is 2.50. The van der Waals surface area contributed by atoms with Crippen molar-refractivity contribution in [1.29, 1.82) is 0 Å². The number of rotatable bonds is 2. The highest BCUT2D eigenvalue weighted by Crippen LogP contribution is 2.05. The van der Waals surface area contributed by atoms with Gasteiger partial charge in [-0.1, -0.05) is 6.07 Å². The minimum Gasteiger partial charge on any atom is -0.423 e. The number of benzene rings is 1. The number of nitrogens with one attached hydrogen (secondary N) is 1. The van der Waals surface area contributed by atoms with Crippen LogP contribution in [0.1, 0.15) is 0 Å². The summed E-state index contributed by atoms with van der Waals surface area (Å²) in [4.78, 5) is 7.03. The van der Waals surface area contributed by atoms with Crippen molar-refractivity contribution in [3.63, 3.8) is 0 Å². The Labute approximate surface area is 75.7 Å². The zero-order chi connectivity index (χ0) is 9.26. The minimum atomic E-state index is -0.868. The van der Waals surface area contributed by atoms with E-state index in [0.29, 0.717) is 0 Å². The van der Waals surface area contributed by atoms with E-state index < -0.39 is 7.12 Å². The molecule has 5 heteroatoms. The molecule has 0 radical (unpaired) electrons. The highest BCUT2D eigenvalue weighted by Gasteiger charge is 2.14. The van der Waals surface area contributed by atoms with Crippen molar-refractivity contribution >= 4 is 23.6 Å². The lowest BCUT2D eigenvalue weighted by Crippen LogP contribution is -2.32. The van der Waals surface area contributed by atoms with Gasteiger partial charge in [-0.15, -0.1) is 0 Å². The predicted molar refractivity (Wildman–Crippen MR) is 50.7 cm³/mol. The van der Waals surface area contributed by atoms with Crippen molar-refractivity contribution in [1.82, 2.24) is 9.97 Å². The maximum absolute atomic E-state index is 9.37. The monoisotopic (exact) mass is 176 g/mol. The van der Waals surface area contributed by atoms with Gasteiger partial charge in [0.15, 0.2) is 0 Å². The molecule has 66 valence electrons. The van der Waals surface area contributed by atoms with Crippen LogP contribution in [0.15, 0.2) is 24.5 Å². The molecule has 0 saturated heterocycles. The number of imidazole rings is 1. The molecule has 0 amide bonds. The first-order valence-electron chi connectivity index (χ1n) is 3.95. The lowest BCUT2D eigenvalue weighted by atomic mass is 9.79. The van der Waals surface area contributed by atoms with Gasteiger partial charge in [-0.3, -0.25) is 0 Å². The molecule has 0 fully saturated rings. The van der Waals surface area contributed by atoms with E-state index in [9.17, 15) is 5.02 Å². The lowest BCUT2D eigenvalue weighted by molar-refractivity contribution is 0.341. The van der Waals surface area contributed by atoms with Crippen molar-refractivity contribution < 1.29 is 9.68 Å². The fraction of sp³-hybridized carbons (Fsp3) is 0.125. The van der Waals surface area contributed by atoms with E-state index in [4.69, 9.17) is 4.65 Å². The second-order valence-electron chi connectivity index (χ2n) is 2.77. The normalized spacial score (nSPS) is 10.6. The molecular weight excluding hydrogens is 167 g/mol. The molecule has 0 aliphatic heterocycles. The van der Waals surface area contributed by atoms with Crippen LogP contribution in [0, 0.1) is 0 Å². The van der Waals surface area contributed by atoms with E-state index in [1.807, 2.05) is 12.1 Å². The zero-order valence-corrected chi connectivity index (χ0v) is 7.19. The number of H-pyrrole nitrogens is 1. The summed E-state index contributed by atoms with van der Waals surface area (Å²) in [6.45, 7) is 0. The predicted octanol–water partition coefficient (Wildman–Crippen LogP) is -0.103. The summed E-state index contributed by atoms with van der Waals surface area (Å²) in [7, 11) is 0.592. The van der Waals surface area contributed by atoms with Gasteiger partial charge in [0.1, 0.15) is 0 Å². The Bertz CT molecular complexity index is 415. The van der Waals surface area contributed by atoms with Crippen LogP contribution < -0.4 is 5.46 Å². The molecule has 2 aromatic rings. The first kappa shape index (κ1) is 8.28. The molecule has 0 saturated carbocycles. The van der Waals surface area contributed by atoms with Gasteiger partial charge in [0.05, 0.1) is 17.4 Å². The summed E-state index contributed by atoms with van der Waals surface area (Å²) in [5, 5.41) is 9.37. The molecule has 0 bridgehead atoms. The van der Waals surface area contributed by atoms with Crippen LogP contribution in [0.5, 0.6) is 0 Å². The summed E-state index contributed by atoms with van der Waals surface area (Å²) in [6.07, 6.45) is 1.62. The van der Waals surface area contributed by atoms with Crippen LogP contribution in [0.4, 0.5) is 0 Å². The van der Waals surface area contributed by atoms with Gasteiger partial charge >= 0.3 is 7.12 Å². The Morgan fingerprint density at radius 2 is 2.38 bits per heavy atom. The summed E-state index contributed by atoms with van der Waals surface area (Å²) >= 11 is 0. The average molecular weight is 176 g/mol. The Morgan fingerprint density at radius 1 is 1.54 bits per heavy atom. The first-order chi connectivity index (χ1) is 6.31. The fourth-order valence-electron chi connectivity index (χ4n) is 1.24. The van der Waals surface area contributed by atoms with Crippen LogP contribution in [-0.4, -0.2) is 29.2 Å². The quantitative estimate of drug-likeness (QED) is 0.628. The topological polar surface area (TPSA) is 58.1 Å². The molecule has 4 nitrogen and oxygen atoms in total. The van der Waals surface area contributed by atoms with Crippen LogP contribution in [0.3, 0.4) is 0 Å². The summed E-state index contributed by atoms with van der Waals surface area (Å²) < 4.78 is 4.78. The van der Waals surface area contributed by atoms with Crippen molar-refractivity contribution in [3.8, 4) is 0 Å². The van der Waals surface area contributed by atoms with Gasteiger partial charge in [0.2, 0.25) is 0 Å². The number of hydrogen-bond donors (Lipinski definition) is 2. The average Bonchev–Trinajstić information content (AvgIpc) is 2.63. The largest absolute Gasteiger partial charge is 0.491 e. The number of nitrogens with zero attached hydrogens (tertiary/aromatic N) is 1. The van der Waals surface area contributed by atoms with E-state index in [2.05, 4.69) is 9.97 Å². The van der Waals surface area contributed by atoms with Crippen molar-refractivity contribution in [2.24, 2.45) is 0 Å². The molecule has 0 atom stereocenters. The maximum Gasteiger partial charge on any atom is 0.491 e. The highest BCUT2D eigenvalue weighted by atomic mass is 16.5. The first-order valence-corrected chi connectivity index (χ1v) is 3.95. The van der Waals surface area contributed by atoms with Crippen molar-refractivity contribution in [2.75, 3.05) is 7.11 Å². The standard InChI is InChI=1S/C8H9BN2O2/c1-13-9(12)6-2-3-7-8(4-6)11-5-10-7/h2-5,12H,1H3,(H,10,11). The molecule has 1 aromatic heterocycles. The lowest BCUT2D eigenvalue weighted by Gasteiger charge is -2.02. The number of aromatic nitrogens is 2. The van der Waals surface area contributed by atoms with E-state index >= 15 is 0 Å². The molecular formula is C8H9BN2O2.